The quantitative estimate of drug-likeness (QED) is 0.490. The molecule has 0 N–H and O–H groups in total. The average molecular weight is 412 g/mol. The second-order valence-electron chi connectivity index (χ2n) is 4.04. The van der Waals surface area contributed by atoms with Crippen LogP contribution in [0, 0.1) is 0 Å². The Morgan fingerprint density at radius 3 is 1.27 bits per heavy atom. The fraction of sp³-hybridized carbons (Fsp3) is 1.00. The molecule has 0 rings (SSSR count). The summed E-state index contributed by atoms with van der Waals surface area (Å²) in [7, 11) is 0. The van der Waals surface area contributed by atoms with Crippen LogP contribution in [0.25, 0.3) is 0 Å². The van der Waals surface area contributed by atoms with Crippen molar-refractivity contribution in [1.82, 2.24) is 0 Å². The summed E-state index contributed by atoms with van der Waals surface area (Å²) < 4.78 is 11.0. The van der Waals surface area contributed by atoms with E-state index in [1.165, 1.54) is 0 Å². The number of hydrogen-bond acceptors (Lipinski definition) is 2. The van der Waals surface area contributed by atoms with Gasteiger partial charge in [0.1, 0.15) is 0 Å². The van der Waals surface area contributed by atoms with Crippen LogP contribution >= 0.6 is 46.4 Å². The first-order valence-electron chi connectivity index (χ1n) is 4.19. The van der Waals surface area contributed by atoms with Crippen LogP contribution in [0.15, 0.2) is 0 Å². The van der Waals surface area contributed by atoms with E-state index in [1.807, 2.05) is 0 Å². The summed E-state index contributed by atoms with van der Waals surface area (Å²) in [6.45, 7) is 7.21. The third kappa shape index (κ3) is 6.38. The summed E-state index contributed by atoms with van der Waals surface area (Å²) >= 11 is 21.8. The van der Waals surface area contributed by atoms with Crippen LogP contribution in [0.3, 0.4) is 0 Å². The standard InChI is InChI=1S/C8H14Cl4O2Te/c1-7(2,5(9)10)13-15-14-8(3,4)6(11)12/h5-6H,1-4H3. The van der Waals surface area contributed by atoms with Crippen LogP contribution in [0.2, 0.25) is 0 Å². The van der Waals surface area contributed by atoms with Gasteiger partial charge in [-0.05, 0) is 0 Å². The fourth-order valence-electron chi connectivity index (χ4n) is 0.265. The second kappa shape index (κ2) is 6.71. The summed E-state index contributed by atoms with van der Waals surface area (Å²) in [6.07, 6.45) is 0. The van der Waals surface area contributed by atoms with Gasteiger partial charge in [0.25, 0.3) is 0 Å². The second-order valence-corrected chi connectivity index (χ2v) is 7.58. The molecule has 92 valence electrons. The van der Waals surface area contributed by atoms with Crippen molar-refractivity contribution in [2.75, 3.05) is 0 Å². The summed E-state index contributed by atoms with van der Waals surface area (Å²) in [5.74, 6) is 0. The maximum absolute atomic E-state index is 5.74. The number of alkyl halides is 4. The van der Waals surface area contributed by atoms with Gasteiger partial charge in [-0.1, -0.05) is 0 Å². The number of hydrogen-bond donors (Lipinski definition) is 0. The Balaban J connectivity index is 4.00. The predicted octanol–water partition coefficient (Wildman–Crippen LogP) is 3.72. The number of halogens is 4. The topological polar surface area (TPSA) is 18.5 Å². The van der Waals surface area contributed by atoms with Gasteiger partial charge in [0, 0.05) is 0 Å². The molecule has 0 spiro atoms. The van der Waals surface area contributed by atoms with Gasteiger partial charge in [-0.2, -0.15) is 0 Å². The molecule has 0 aromatic rings. The normalized spacial score (nSPS) is 14.0. The molecular weight excluding hydrogens is 397 g/mol. The van der Waals surface area contributed by atoms with E-state index in [4.69, 9.17) is 52.6 Å². The molecule has 0 unspecified atom stereocenters. The van der Waals surface area contributed by atoms with E-state index >= 15 is 0 Å². The molecule has 0 aliphatic rings. The Bertz CT molecular complexity index is 177. The third-order valence-corrected chi connectivity index (χ3v) is 6.49. The molecule has 0 aromatic heterocycles. The van der Waals surface area contributed by atoms with Crippen molar-refractivity contribution in [2.24, 2.45) is 0 Å². The van der Waals surface area contributed by atoms with Crippen molar-refractivity contribution in [3.05, 3.63) is 0 Å². The van der Waals surface area contributed by atoms with Crippen molar-refractivity contribution in [3.63, 3.8) is 0 Å². The predicted molar refractivity (Wildman–Crippen MR) is 67.1 cm³/mol. The Morgan fingerprint density at radius 1 is 0.800 bits per heavy atom. The molecule has 0 fully saturated rings. The molecule has 0 aliphatic heterocycles. The first-order valence-corrected chi connectivity index (χ1v) is 7.84. The van der Waals surface area contributed by atoms with Crippen molar-refractivity contribution in [2.45, 2.75) is 48.6 Å². The molecule has 0 bridgehead atoms. The first kappa shape index (κ1) is 16.9. The first-order chi connectivity index (χ1) is 6.59. The SMILES string of the molecule is CC(C)(O[Te]OC(C)(C)C(Cl)Cl)C(Cl)Cl. The fourth-order valence-corrected chi connectivity index (χ4v) is 2.75. The Labute approximate surface area is 122 Å². The van der Waals surface area contributed by atoms with E-state index < -0.39 is 42.6 Å². The molecular formula is C8H14Cl4O2Te. The summed E-state index contributed by atoms with van der Waals surface area (Å²) in [4.78, 5) is -1.20. The summed E-state index contributed by atoms with van der Waals surface area (Å²) in [6, 6.07) is 0. The Hall–Kier alpha value is 1.87. The van der Waals surface area contributed by atoms with Gasteiger partial charge in [0.15, 0.2) is 0 Å². The molecule has 7 heteroatoms. The molecule has 0 radical (unpaired) electrons. The van der Waals surface area contributed by atoms with Gasteiger partial charge in [-0.25, -0.2) is 0 Å². The van der Waals surface area contributed by atoms with Crippen LogP contribution < -0.4 is 0 Å². The molecule has 0 aliphatic carbocycles. The molecule has 0 heterocycles. The number of rotatable bonds is 6. The zero-order valence-corrected chi connectivity index (χ0v) is 14.2. The maximum atomic E-state index is 5.74. The molecule has 15 heavy (non-hydrogen) atoms. The van der Waals surface area contributed by atoms with Crippen molar-refractivity contribution < 1.29 is 6.20 Å². The minimum absolute atomic E-state index is 0.600. The average Bonchev–Trinajstić information content (AvgIpc) is 2.02. The van der Waals surface area contributed by atoms with E-state index in [-0.39, 0.29) is 0 Å². The van der Waals surface area contributed by atoms with Crippen LogP contribution in [-0.2, 0) is 6.20 Å². The zero-order valence-electron chi connectivity index (χ0n) is 8.89. The monoisotopic (exact) mass is 412 g/mol. The van der Waals surface area contributed by atoms with Gasteiger partial charge in [-0.3, -0.25) is 0 Å². The Morgan fingerprint density at radius 2 is 1.07 bits per heavy atom. The van der Waals surface area contributed by atoms with Gasteiger partial charge >= 0.3 is 123 Å². The molecule has 2 nitrogen and oxygen atoms in total. The third-order valence-electron chi connectivity index (χ3n) is 1.55. The van der Waals surface area contributed by atoms with E-state index in [0.29, 0.717) is 0 Å². The van der Waals surface area contributed by atoms with Crippen molar-refractivity contribution in [3.8, 4) is 0 Å². The van der Waals surface area contributed by atoms with Crippen LogP contribution in [0.5, 0.6) is 0 Å². The van der Waals surface area contributed by atoms with E-state index in [0.717, 1.165) is 0 Å². The summed E-state index contributed by atoms with van der Waals surface area (Å²) in [5, 5.41) is 0. The van der Waals surface area contributed by atoms with Crippen LogP contribution in [0.1, 0.15) is 27.7 Å². The minimum atomic E-state index is -1.14. The molecule has 0 atom stereocenters. The van der Waals surface area contributed by atoms with E-state index in [1.54, 1.807) is 27.7 Å². The summed E-state index contributed by atoms with van der Waals surface area (Å²) in [5.41, 5.74) is -1.23. The zero-order chi connectivity index (χ0) is 12.3. The van der Waals surface area contributed by atoms with Crippen molar-refractivity contribution in [1.29, 1.82) is 0 Å². The molecule has 0 saturated heterocycles. The van der Waals surface area contributed by atoms with Crippen LogP contribution in [-0.4, -0.2) is 42.6 Å². The molecule has 0 saturated carbocycles. The Kier molecular flexibility index (Phi) is 7.55. The molecule has 0 amide bonds. The van der Waals surface area contributed by atoms with Gasteiger partial charge in [0.2, 0.25) is 0 Å². The van der Waals surface area contributed by atoms with Gasteiger partial charge in [-0.15, -0.1) is 0 Å². The van der Waals surface area contributed by atoms with Gasteiger partial charge < -0.3 is 0 Å². The van der Waals surface area contributed by atoms with E-state index in [9.17, 15) is 0 Å². The van der Waals surface area contributed by atoms with Gasteiger partial charge in [0.05, 0.1) is 0 Å². The molecule has 0 aromatic carbocycles. The van der Waals surface area contributed by atoms with E-state index in [2.05, 4.69) is 0 Å². The van der Waals surface area contributed by atoms with Crippen molar-refractivity contribution >= 4 is 68.1 Å². The van der Waals surface area contributed by atoms with Crippen LogP contribution in [0.4, 0.5) is 0 Å².